The third-order valence-corrected chi connectivity index (χ3v) is 3.13. The van der Waals surface area contributed by atoms with E-state index >= 15 is 0 Å². The van der Waals surface area contributed by atoms with E-state index in [9.17, 15) is 4.79 Å². The van der Waals surface area contributed by atoms with E-state index in [4.69, 9.17) is 18.0 Å². The highest BCUT2D eigenvalue weighted by atomic mass is 32.1. The van der Waals surface area contributed by atoms with Crippen LogP contribution < -0.4 is 5.73 Å². The second-order valence-electron chi connectivity index (χ2n) is 4.50. The molecule has 0 spiro atoms. The molecule has 0 saturated heterocycles. The monoisotopic (exact) mass is 300 g/mol. The first-order valence-corrected chi connectivity index (χ1v) is 6.95. The fraction of sp³-hybridized carbons (Fsp3) is 0.200. The van der Waals surface area contributed by atoms with E-state index in [2.05, 4.69) is 9.97 Å². The molecule has 0 aliphatic rings. The topological polar surface area (TPSA) is 72.1 Å². The van der Waals surface area contributed by atoms with Crippen LogP contribution in [0.2, 0.25) is 0 Å². The summed E-state index contributed by atoms with van der Waals surface area (Å²) in [4.78, 5) is 22.8. The summed E-state index contributed by atoms with van der Waals surface area (Å²) in [7, 11) is 0. The molecule has 21 heavy (non-hydrogen) atoms. The number of thiocarbonyl (C=S) groups is 1. The number of carbonyl (C=O) groups excluding carboxylic acids is 1. The van der Waals surface area contributed by atoms with E-state index < -0.39 is 0 Å². The van der Waals surface area contributed by atoms with Crippen LogP contribution in [0, 0.1) is 0 Å². The predicted octanol–water partition coefficient (Wildman–Crippen LogP) is 1.80. The van der Waals surface area contributed by atoms with E-state index in [-0.39, 0.29) is 5.91 Å². The van der Waals surface area contributed by atoms with Gasteiger partial charge in [-0.15, -0.1) is 0 Å². The molecule has 2 N–H and O–H groups in total. The van der Waals surface area contributed by atoms with Crippen molar-refractivity contribution in [1.29, 1.82) is 0 Å². The fourth-order valence-corrected chi connectivity index (χ4v) is 1.95. The Morgan fingerprint density at radius 1 is 1.19 bits per heavy atom. The van der Waals surface area contributed by atoms with Gasteiger partial charge >= 0.3 is 0 Å². The van der Waals surface area contributed by atoms with Crippen molar-refractivity contribution < 1.29 is 4.79 Å². The maximum atomic E-state index is 12.5. The van der Waals surface area contributed by atoms with E-state index in [0.29, 0.717) is 30.1 Å². The van der Waals surface area contributed by atoms with E-state index in [1.165, 1.54) is 0 Å². The van der Waals surface area contributed by atoms with Gasteiger partial charge in [0.1, 0.15) is 0 Å². The molecule has 2 aromatic heterocycles. The first-order valence-electron chi connectivity index (χ1n) is 6.54. The maximum absolute atomic E-state index is 12.5. The van der Waals surface area contributed by atoms with Crippen molar-refractivity contribution in [3.8, 4) is 0 Å². The third kappa shape index (κ3) is 4.61. The van der Waals surface area contributed by atoms with Crippen molar-refractivity contribution in [3.63, 3.8) is 0 Å². The molecule has 0 atom stereocenters. The lowest BCUT2D eigenvalue weighted by atomic mass is 10.2. The number of hydrogen-bond donors (Lipinski definition) is 1. The highest BCUT2D eigenvalue weighted by Crippen LogP contribution is 2.09. The lowest BCUT2D eigenvalue weighted by Gasteiger charge is -2.22. The Hall–Kier alpha value is -2.34. The van der Waals surface area contributed by atoms with Gasteiger partial charge < -0.3 is 10.6 Å². The number of hydrogen-bond acceptors (Lipinski definition) is 4. The fourth-order valence-electron chi connectivity index (χ4n) is 1.86. The van der Waals surface area contributed by atoms with Crippen LogP contribution in [0.1, 0.15) is 22.5 Å². The molecule has 2 aromatic rings. The van der Waals surface area contributed by atoms with Gasteiger partial charge in [-0.05, 0) is 24.3 Å². The highest BCUT2D eigenvalue weighted by Gasteiger charge is 2.16. The van der Waals surface area contributed by atoms with Gasteiger partial charge in [0.2, 0.25) is 0 Å². The molecule has 6 heteroatoms. The first-order chi connectivity index (χ1) is 10.2. The van der Waals surface area contributed by atoms with Gasteiger partial charge in [-0.2, -0.15) is 0 Å². The van der Waals surface area contributed by atoms with Gasteiger partial charge in [-0.3, -0.25) is 14.8 Å². The van der Waals surface area contributed by atoms with Crippen molar-refractivity contribution >= 4 is 23.1 Å². The van der Waals surface area contributed by atoms with Gasteiger partial charge in [0.25, 0.3) is 5.91 Å². The molecule has 0 aliphatic carbocycles. The van der Waals surface area contributed by atoms with Crippen molar-refractivity contribution in [2.24, 2.45) is 5.73 Å². The number of pyridine rings is 2. The Morgan fingerprint density at radius 2 is 1.95 bits per heavy atom. The second-order valence-corrected chi connectivity index (χ2v) is 5.02. The van der Waals surface area contributed by atoms with Crippen molar-refractivity contribution in [3.05, 3.63) is 60.2 Å². The Labute approximate surface area is 128 Å². The maximum Gasteiger partial charge on any atom is 0.254 e. The van der Waals surface area contributed by atoms with Gasteiger partial charge in [0, 0.05) is 37.1 Å². The minimum absolute atomic E-state index is 0.0840. The van der Waals surface area contributed by atoms with Crippen LogP contribution in [0.25, 0.3) is 0 Å². The molecule has 0 saturated carbocycles. The average Bonchev–Trinajstić information content (AvgIpc) is 2.52. The van der Waals surface area contributed by atoms with Gasteiger partial charge in [0.05, 0.1) is 17.2 Å². The molecule has 5 nitrogen and oxygen atoms in total. The minimum atomic E-state index is -0.0840. The first kappa shape index (κ1) is 15.1. The van der Waals surface area contributed by atoms with Gasteiger partial charge in [0.15, 0.2) is 0 Å². The van der Waals surface area contributed by atoms with Crippen LogP contribution >= 0.6 is 12.2 Å². The zero-order valence-corrected chi connectivity index (χ0v) is 12.3. The smallest absolute Gasteiger partial charge is 0.254 e. The number of nitrogens with two attached hydrogens (primary N) is 1. The van der Waals surface area contributed by atoms with E-state index in [1.54, 1.807) is 35.6 Å². The minimum Gasteiger partial charge on any atom is -0.393 e. The average molecular weight is 300 g/mol. The van der Waals surface area contributed by atoms with Crippen LogP contribution in [0.15, 0.2) is 48.9 Å². The Balaban J connectivity index is 2.15. The van der Waals surface area contributed by atoms with Crippen LogP contribution in [0.4, 0.5) is 0 Å². The van der Waals surface area contributed by atoms with Gasteiger partial charge in [-0.25, -0.2) is 0 Å². The number of rotatable bonds is 6. The van der Waals surface area contributed by atoms with E-state index in [0.717, 1.165) is 5.69 Å². The molecule has 2 heterocycles. The largest absolute Gasteiger partial charge is 0.393 e. The zero-order chi connectivity index (χ0) is 15.1. The SMILES string of the molecule is NC(=S)CCN(Cc1ccccn1)C(=O)c1ccncc1. The molecule has 0 unspecified atom stereocenters. The third-order valence-electron chi connectivity index (χ3n) is 2.92. The second kappa shape index (κ2) is 7.44. The van der Waals surface area contributed by atoms with Crippen LogP contribution in [-0.4, -0.2) is 32.3 Å². The lowest BCUT2D eigenvalue weighted by Crippen LogP contribution is -2.33. The predicted molar refractivity (Wildman–Crippen MR) is 84.6 cm³/mol. The molecule has 1 amide bonds. The van der Waals surface area contributed by atoms with Crippen LogP contribution in [0.3, 0.4) is 0 Å². The number of aromatic nitrogens is 2. The quantitative estimate of drug-likeness (QED) is 0.824. The molecule has 0 radical (unpaired) electrons. The molecular weight excluding hydrogens is 284 g/mol. The molecule has 108 valence electrons. The summed E-state index contributed by atoms with van der Waals surface area (Å²) in [6.45, 7) is 0.887. The Bertz CT molecular complexity index is 604. The van der Waals surface area contributed by atoms with Crippen molar-refractivity contribution in [1.82, 2.24) is 14.9 Å². The summed E-state index contributed by atoms with van der Waals surface area (Å²) in [5.41, 5.74) is 6.95. The normalized spacial score (nSPS) is 10.1. The molecule has 0 bridgehead atoms. The van der Waals surface area contributed by atoms with Crippen molar-refractivity contribution in [2.45, 2.75) is 13.0 Å². The van der Waals surface area contributed by atoms with Crippen molar-refractivity contribution in [2.75, 3.05) is 6.54 Å². The molecule has 0 aromatic carbocycles. The molecule has 0 fully saturated rings. The summed E-state index contributed by atoms with van der Waals surface area (Å²) >= 11 is 4.90. The van der Waals surface area contributed by atoms with Crippen LogP contribution in [0.5, 0.6) is 0 Å². The standard InChI is InChI=1S/C15H16N4OS/c16-14(21)6-10-19(11-13-3-1-2-7-18-13)15(20)12-4-8-17-9-5-12/h1-5,7-9H,6,10-11H2,(H2,16,21). The molecule has 2 rings (SSSR count). The molecule has 0 aliphatic heterocycles. The van der Waals surface area contributed by atoms with Crippen LogP contribution in [-0.2, 0) is 6.54 Å². The zero-order valence-electron chi connectivity index (χ0n) is 11.5. The summed E-state index contributed by atoms with van der Waals surface area (Å²) in [6.07, 6.45) is 5.39. The summed E-state index contributed by atoms with van der Waals surface area (Å²) in [5.74, 6) is -0.0840. The van der Waals surface area contributed by atoms with Gasteiger partial charge in [-0.1, -0.05) is 18.3 Å². The summed E-state index contributed by atoms with van der Waals surface area (Å²) < 4.78 is 0. The lowest BCUT2D eigenvalue weighted by molar-refractivity contribution is 0.0746. The number of carbonyl (C=O) groups is 1. The Morgan fingerprint density at radius 3 is 2.57 bits per heavy atom. The summed E-state index contributed by atoms with van der Waals surface area (Å²) in [5, 5.41) is 0. The highest BCUT2D eigenvalue weighted by molar-refractivity contribution is 7.80. The number of amides is 1. The molecular formula is C15H16N4OS. The Kier molecular flexibility index (Phi) is 5.34. The summed E-state index contributed by atoms with van der Waals surface area (Å²) in [6, 6.07) is 9.00. The number of nitrogens with zero attached hydrogens (tertiary/aromatic N) is 3. The van der Waals surface area contributed by atoms with E-state index in [1.807, 2.05) is 18.2 Å².